The maximum Gasteiger partial charge on any atom is 0.525 e. The first-order valence-corrected chi connectivity index (χ1v) is 7.74. The SMILES string of the molecule is CC1(C)OB(C(F)=Cc2nccnc2-c2cccnc2)OC1(C)C. The standard InChI is InChI=1S/C17H19BFN3O2/c1-16(2)17(3,4)24-18(23-16)14(19)10-13-15(22-9-8-21-13)12-6-5-7-20-11-12/h5-11H,1-4H3. The minimum atomic E-state index is -1.06. The number of hydrogen-bond donors (Lipinski definition) is 0. The van der Waals surface area contributed by atoms with Gasteiger partial charge in [-0.25, -0.2) is 4.39 Å². The van der Waals surface area contributed by atoms with Crippen LogP contribution in [0.15, 0.2) is 42.6 Å². The second kappa shape index (κ2) is 6.07. The third-order valence-corrected chi connectivity index (χ3v) is 4.41. The molecule has 5 nitrogen and oxygen atoms in total. The van der Waals surface area contributed by atoms with Crippen molar-refractivity contribution >= 4 is 13.2 Å². The van der Waals surface area contributed by atoms with Crippen LogP contribution in [0.5, 0.6) is 0 Å². The van der Waals surface area contributed by atoms with Crippen LogP contribution in [0.25, 0.3) is 17.3 Å². The Bertz CT molecular complexity index is 749. The summed E-state index contributed by atoms with van der Waals surface area (Å²) in [6, 6.07) is 3.64. The summed E-state index contributed by atoms with van der Waals surface area (Å²) in [7, 11) is -1.06. The lowest BCUT2D eigenvalue weighted by atomic mass is 9.87. The lowest BCUT2D eigenvalue weighted by Gasteiger charge is -2.32. The molecule has 2 aromatic heterocycles. The Labute approximate surface area is 141 Å². The van der Waals surface area contributed by atoms with E-state index in [0.29, 0.717) is 11.4 Å². The second-order valence-corrected chi connectivity index (χ2v) is 6.65. The fraction of sp³-hybridized carbons (Fsp3) is 0.353. The van der Waals surface area contributed by atoms with Crippen molar-refractivity contribution in [3.8, 4) is 11.3 Å². The van der Waals surface area contributed by atoms with E-state index in [2.05, 4.69) is 15.0 Å². The van der Waals surface area contributed by atoms with E-state index in [-0.39, 0.29) is 0 Å². The molecule has 0 amide bonds. The smallest absolute Gasteiger partial charge is 0.398 e. The molecule has 0 aliphatic carbocycles. The molecule has 0 radical (unpaired) electrons. The highest BCUT2D eigenvalue weighted by Crippen LogP contribution is 2.39. The first kappa shape index (κ1) is 16.7. The number of halogens is 1. The quantitative estimate of drug-likeness (QED) is 0.808. The summed E-state index contributed by atoms with van der Waals surface area (Å²) in [6.07, 6.45) is 7.71. The Morgan fingerprint density at radius 1 is 1.08 bits per heavy atom. The van der Waals surface area contributed by atoms with Gasteiger partial charge in [0.05, 0.1) is 22.6 Å². The van der Waals surface area contributed by atoms with Crippen LogP contribution in [0, 0.1) is 0 Å². The van der Waals surface area contributed by atoms with Crippen LogP contribution in [0.3, 0.4) is 0 Å². The first-order valence-electron chi connectivity index (χ1n) is 7.74. The molecule has 3 rings (SSSR count). The van der Waals surface area contributed by atoms with Crippen molar-refractivity contribution in [1.29, 1.82) is 0 Å². The summed E-state index contributed by atoms with van der Waals surface area (Å²) in [5, 5.41) is 0. The molecule has 1 fully saturated rings. The van der Waals surface area contributed by atoms with E-state index in [1.807, 2.05) is 33.8 Å². The van der Waals surface area contributed by atoms with Gasteiger partial charge < -0.3 is 9.31 Å². The molecule has 3 heterocycles. The van der Waals surface area contributed by atoms with E-state index >= 15 is 0 Å². The lowest BCUT2D eigenvalue weighted by molar-refractivity contribution is 0.00578. The summed E-state index contributed by atoms with van der Waals surface area (Å²) in [6.45, 7) is 7.51. The van der Waals surface area contributed by atoms with Gasteiger partial charge in [0, 0.05) is 30.4 Å². The molecule has 0 bridgehead atoms. The Morgan fingerprint density at radius 2 is 1.75 bits per heavy atom. The minimum absolute atomic E-state index is 0.401. The molecule has 1 aliphatic rings. The number of nitrogens with zero attached hydrogens (tertiary/aromatic N) is 3. The number of hydrogen-bond acceptors (Lipinski definition) is 5. The summed E-state index contributed by atoms with van der Waals surface area (Å²) in [5.41, 5.74) is -0.0257. The van der Waals surface area contributed by atoms with Crippen LogP contribution in [0.4, 0.5) is 4.39 Å². The number of rotatable bonds is 3. The Kier molecular flexibility index (Phi) is 4.23. The van der Waals surface area contributed by atoms with Crippen molar-refractivity contribution in [2.75, 3.05) is 0 Å². The largest absolute Gasteiger partial charge is 0.525 e. The predicted molar refractivity (Wildman–Crippen MR) is 90.4 cm³/mol. The normalized spacial score (nSPS) is 19.5. The topological polar surface area (TPSA) is 57.1 Å². The van der Waals surface area contributed by atoms with Gasteiger partial charge in [-0.1, -0.05) is 0 Å². The van der Waals surface area contributed by atoms with E-state index in [1.54, 1.807) is 24.7 Å². The number of pyridine rings is 1. The van der Waals surface area contributed by atoms with Crippen molar-refractivity contribution in [2.45, 2.75) is 38.9 Å². The maximum absolute atomic E-state index is 14.7. The molecule has 0 saturated carbocycles. The fourth-order valence-electron chi connectivity index (χ4n) is 2.33. The van der Waals surface area contributed by atoms with Gasteiger partial charge in [-0.05, 0) is 45.9 Å². The van der Waals surface area contributed by atoms with Gasteiger partial charge in [0.1, 0.15) is 5.73 Å². The van der Waals surface area contributed by atoms with Crippen molar-refractivity contribution in [1.82, 2.24) is 15.0 Å². The third kappa shape index (κ3) is 3.09. The van der Waals surface area contributed by atoms with Crippen LogP contribution >= 0.6 is 0 Å². The fourth-order valence-corrected chi connectivity index (χ4v) is 2.33. The average Bonchev–Trinajstić information content (AvgIpc) is 2.77. The van der Waals surface area contributed by atoms with Crippen LogP contribution in [0.2, 0.25) is 0 Å². The second-order valence-electron chi connectivity index (χ2n) is 6.65. The summed E-state index contributed by atoms with van der Waals surface area (Å²) >= 11 is 0. The monoisotopic (exact) mass is 327 g/mol. The molecular formula is C17H19BFN3O2. The average molecular weight is 327 g/mol. The minimum Gasteiger partial charge on any atom is -0.398 e. The van der Waals surface area contributed by atoms with Gasteiger partial charge in [0.25, 0.3) is 0 Å². The highest BCUT2D eigenvalue weighted by atomic mass is 19.1. The van der Waals surface area contributed by atoms with Crippen molar-refractivity contribution in [3.63, 3.8) is 0 Å². The Morgan fingerprint density at radius 3 is 2.38 bits per heavy atom. The third-order valence-electron chi connectivity index (χ3n) is 4.41. The van der Waals surface area contributed by atoms with Crippen LogP contribution in [-0.2, 0) is 9.31 Å². The van der Waals surface area contributed by atoms with E-state index in [0.717, 1.165) is 5.56 Å². The first-order chi connectivity index (χ1) is 11.3. The molecule has 1 aliphatic heterocycles. The van der Waals surface area contributed by atoms with E-state index in [1.165, 1.54) is 12.3 Å². The number of aromatic nitrogens is 3. The molecule has 0 spiro atoms. The van der Waals surface area contributed by atoms with E-state index in [4.69, 9.17) is 9.31 Å². The zero-order valence-electron chi connectivity index (χ0n) is 14.2. The zero-order valence-corrected chi connectivity index (χ0v) is 14.2. The Hall–Kier alpha value is -2.12. The van der Waals surface area contributed by atoms with Gasteiger partial charge in [-0.3, -0.25) is 15.0 Å². The molecule has 0 N–H and O–H groups in total. The summed E-state index contributed by atoms with van der Waals surface area (Å²) < 4.78 is 26.1. The molecule has 0 unspecified atom stereocenters. The van der Waals surface area contributed by atoms with Crippen LogP contribution in [-0.4, -0.2) is 33.3 Å². The molecule has 0 atom stereocenters. The molecule has 2 aromatic rings. The van der Waals surface area contributed by atoms with E-state index in [9.17, 15) is 4.39 Å². The van der Waals surface area contributed by atoms with Crippen LogP contribution in [0.1, 0.15) is 33.4 Å². The molecular weight excluding hydrogens is 308 g/mol. The van der Waals surface area contributed by atoms with Gasteiger partial charge in [-0.15, -0.1) is 0 Å². The van der Waals surface area contributed by atoms with E-state index < -0.39 is 24.0 Å². The van der Waals surface area contributed by atoms with Gasteiger partial charge in [0.2, 0.25) is 0 Å². The summed E-state index contributed by atoms with van der Waals surface area (Å²) in [5.74, 6) is 0. The van der Waals surface area contributed by atoms with Gasteiger partial charge >= 0.3 is 7.12 Å². The predicted octanol–water partition coefficient (Wildman–Crippen LogP) is 3.48. The van der Waals surface area contributed by atoms with Gasteiger partial charge in [-0.2, -0.15) is 0 Å². The highest BCUT2D eigenvalue weighted by Gasteiger charge is 2.53. The summed E-state index contributed by atoms with van der Waals surface area (Å²) in [4.78, 5) is 12.6. The maximum atomic E-state index is 14.7. The molecule has 0 aromatic carbocycles. The molecule has 7 heteroatoms. The van der Waals surface area contributed by atoms with Crippen molar-refractivity contribution in [3.05, 3.63) is 48.3 Å². The highest BCUT2D eigenvalue weighted by molar-refractivity contribution is 6.54. The molecule has 124 valence electrons. The molecule has 24 heavy (non-hydrogen) atoms. The zero-order chi connectivity index (χ0) is 17.4. The lowest BCUT2D eigenvalue weighted by Crippen LogP contribution is -2.41. The van der Waals surface area contributed by atoms with Crippen molar-refractivity contribution < 1.29 is 13.7 Å². The van der Waals surface area contributed by atoms with Crippen molar-refractivity contribution in [2.24, 2.45) is 0 Å². The Balaban J connectivity index is 1.93. The molecule has 1 saturated heterocycles. The van der Waals surface area contributed by atoms with Crippen LogP contribution < -0.4 is 0 Å². The van der Waals surface area contributed by atoms with Gasteiger partial charge in [0.15, 0.2) is 0 Å².